The highest BCUT2D eigenvalue weighted by Crippen LogP contribution is 2.08. The predicted molar refractivity (Wildman–Crippen MR) is 49.2 cm³/mol. The molecular formula is C9H13NO5. The average Bonchev–Trinajstić information content (AvgIpc) is 2.58. The molecule has 1 rings (SSSR count). The van der Waals surface area contributed by atoms with Crippen LogP contribution in [0.4, 0.5) is 4.79 Å². The first-order valence-electron chi connectivity index (χ1n) is 4.80. The minimum Gasteiger partial charge on any atom is -0.481 e. The fourth-order valence-electron chi connectivity index (χ4n) is 1.31. The number of nitrogens with zero attached hydrogens (tertiary/aromatic N) is 1. The van der Waals surface area contributed by atoms with Crippen molar-refractivity contribution in [2.75, 3.05) is 13.2 Å². The number of carboxylic acid groups (broad SMARTS) is 1. The van der Waals surface area contributed by atoms with Gasteiger partial charge in [-0.25, -0.2) is 9.69 Å². The molecule has 0 aromatic rings. The molecule has 1 aliphatic rings. The zero-order chi connectivity index (χ0) is 11.3. The van der Waals surface area contributed by atoms with Crippen molar-refractivity contribution >= 4 is 18.0 Å². The van der Waals surface area contributed by atoms with E-state index in [9.17, 15) is 14.4 Å². The quantitative estimate of drug-likeness (QED) is 0.679. The van der Waals surface area contributed by atoms with Gasteiger partial charge in [-0.15, -0.1) is 0 Å². The first-order valence-corrected chi connectivity index (χ1v) is 4.80. The fourth-order valence-corrected chi connectivity index (χ4v) is 1.31. The summed E-state index contributed by atoms with van der Waals surface area (Å²) in [5.41, 5.74) is 0. The number of ether oxygens (including phenoxy) is 1. The van der Waals surface area contributed by atoms with Gasteiger partial charge in [-0.1, -0.05) is 0 Å². The van der Waals surface area contributed by atoms with E-state index < -0.39 is 12.1 Å². The summed E-state index contributed by atoms with van der Waals surface area (Å²) < 4.78 is 4.60. The third kappa shape index (κ3) is 3.57. The molecule has 1 aliphatic heterocycles. The first kappa shape index (κ1) is 11.5. The summed E-state index contributed by atoms with van der Waals surface area (Å²) in [7, 11) is 0. The van der Waals surface area contributed by atoms with E-state index >= 15 is 0 Å². The number of amides is 2. The Morgan fingerprint density at radius 1 is 1.33 bits per heavy atom. The van der Waals surface area contributed by atoms with Gasteiger partial charge in [0, 0.05) is 12.8 Å². The van der Waals surface area contributed by atoms with E-state index in [0.29, 0.717) is 19.4 Å². The third-order valence-electron chi connectivity index (χ3n) is 2.09. The van der Waals surface area contributed by atoms with Gasteiger partial charge < -0.3 is 9.84 Å². The molecule has 0 radical (unpaired) electrons. The summed E-state index contributed by atoms with van der Waals surface area (Å²) in [6, 6.07) is 0. The van der Waals surface area contributed by atoms with Crippen molar-refractivity contribution in [2.45, 2.75) is 25.7 Å². The van der Waals surface area contributed by atoms with Crippen LogP contribution >= 0.6 is 0 Å². The molecule has 0 bridgehead atoms. The molecular weight excluding hydrogens is 202 g/mol. The van der Waals surface area contributed by atoms with Gasteiger partial charge in [0.2, 0.25) is 5.91 Å². The van der Waals surface area contributed by atoms with Crippen molar-refractivity contribution in [3.8, 4) is 0 Å². The highest BCUT2D eigenvalue weighted by Gasteiger charge is 2.27. The van der Waals surface area contributed by atoms with Gasteiger partial charge in [0.25, 0.3) is 0 Å². The van der Waals surface area contributed by atoms with Crippen LogP contribution in [0.3, 0.4) is 0 Å². The Hall–Kier alpha value is -1.59. The maximum atomic E-state index is 11.4. The zero-order valence-electron chi connectivity index (χ0n) is 8.27. The molecule has 1 saturated heterocycles. The molecule has 1 N–H and O–H groups in total. The molecule has 0 aliphatic carbocycles. The van der Waals surface area contributed by atoms with Gasteiger partial charge in [-0.3, -0.25) is 9.59 Å². The lowest BCUT2D eigenvalue weighted by Gasteiger charge is -2.09. The van der Waals surface area contributed by atoms with Gasteiger partial charge >= 0.3 is 12.1 Å². The smallest absolute Gasteiger partial charge is 0.416 e. The normalized spacial score (nSPS) is 15.2. The summed E-state index contributed by atoms with van der Waals surface area (Å²) >= 11 is 0. The molecule has 0 aromatic heterocycles. The molecule has 6 heteroatoms. The van der Waals surface area contributed by atoms with E-state index in [0.717, 1.165) is 4.90 Å². The van der Waals surface area contributed by atoms with Crippen molar-refractivity contribution < 1.29 is 24.2 Å². The number of carbonyl (C=O) groups excluding carboxylic acids is 2. The topological polar surface area (TPSA) is 83.9 Å². The van der Waals surface area contributed by atoms with Gasteiger partial charge in [0.15, 0.2) is 0 Å². The molecule has 2 amide bonds. The standard InChI is InChI=1S/C9H13NO5/c11-7(3-1-2-4-8(12)13)10-5-6-15-9(10)14/h1-6H2,(H,12,13). The molecule has 0 saturated carbocycles. The van der Waals surface area contributed by atoms with Crippen LogP contribution in [0.2, 0.25) is 0 Å². The first-order chi connectivity index (χ1) is 7.11. The number of carboxylic acids is 1. The molecule has 0 aromatic carbocycles. The van der Waals surface area contributed by atoms with Crippen molar-refractivity contribution in [3.05, 3.63) is 0 Å². The molecule has 15 heavy (non-hydrogen) atoms. The molecule has 1 heterocycles. The van der Waals surface area contributed by atoms with Crippen LogP contribution in [0, 0.1) is 0 Å². The molecule has 1 fully saturated rings. The summed E-state index contributed by atoms with van der Waals surface area (Å²) in [6.45, 7) is 0.552. The SMILES string of the molecule is O=C(O)CCCCC(=O)N1CCOC1=O. The van der Waals surface area contributed by atoms with Gasteiger partial charge in [0.1, 0.15) is 6.61 Å². The number of imide groups is 1. The van der Waals surface area contributed by atoms with E-state index in [2.05, 4.69) is 4.74 Å². The van der Waals surface area contributed by atoms with E-state index in [1.807, 2.05) is 0 Å². The van der Waals surface area contributed by atoms with Crippen molar-refractivity contribution in [1.29, 1.82) is 0 Å². The van der Waals surface area contributed by atoms with Gasteiger partial charge in [-0.05, 0) is 12.8 Å². The Kier molecular flexibility index (Phi) is 4.08. The summed E-state index contributed by atoms with van der Waals surface area (Å²) in [4.78, 5) is 33.6. The molecule has 0 spiro atoms. The monoisotopic (exact) mass is 215 g/mol. The highest BCUT2D eigenvalue weighted by atomic mass is 16.6. The second-order valence-electron chi connectivity index (χ2n) is 3.26. The third-order valence-corrected chi connectivity index (χ3v) is 2.09. The Bertz CT molecular complexity index is 276. The predicted octanol–water partition coefficient (Wildman–Crippen LogP) is 0.610. The molecule has 0 unspecified atom stereocenters. The number of unbranched alkanes of at least 4 members (excludes halogenated alkanes) is 1. The average molecular weight is 215 g/mol. The van der Waals surface area contributed by atoms with Crippen LogP contribution in [-0.4, -0.2) is 41.1 Å². The summed E-state index contributed by atoms with van der Waals surface area (Å²) in [5, 5.41) is 8.36. The Balaban J connectivity index is 2.18. The zero-order valence-corrected chi connectivity index (χ0v) is 8.27. The van der Waals surface area contributed by atoms with Crippen molar-refractivity contribution in [3.63, 3.8) is 0 Å². The number of rotatable bonds is 5. The number of carbonyl (C=O) groups is 3. The molecule has 6 nitrogen and oxygen atoms in total. The number of aliphatic carboxylic acids is 1. The second-order valence-corrected chi connectivity index (χ2v) is 3.26. The lowest BCUT2D eigenvalue weighted by atomic mass is 10.2. The lowest BCUT2D eigenvalue weighted by molar-refractivity contribution is -0.137. The molecule has 84 valence electrons. The van der Waals surface area contributed by atoms with Crippen LogP contribution in [0.1, 0.15) is 25.7 Å². The maximum absolute atomic E-state index is 11.4. The van der Waals surface area contributed by atoms with Crippen LogP contribution in [-0.2, 0) is 14.3 Å². The van der Waals surface area contributed by atoms with Gasteiger partial charge in [-0.2, -0.15) is 0 Å². The van der Waals surface area contributed by atoms with Crippen LogP contribution in [0.5, 0.6) is 0 Å². The second kappa shape index (κ2) is 5.33. The Morgan fingerprint density at radius 3 is 2.53 bits per heavy atom. The minimum absolute atomic E-state index is 0.0533. The highest BCUT2D eigenvalue weighted by molar-refractivity contribution is 5.92. The number of hydrogen-bond acceptors (Lipinski definition) is 4. The summed E-state index contributed by atoms with van der Waals surface area (Å²) in [6.07, 6.45) is 0.581. The van der Waals surface area contributed by atoms with Gasteiger partial charge in [0.05, 0.1) is 6.54 Å². The van der Waals surface area contributed by atoms with E-state index in [4.69, 9.17) is 5.11 Å². The van der Waals surface area contributed by atoms with E-state index in [-0.39, 0.29) is 25.4 Å². The van der Waals surface area contributed by atoms with E-state index in [1.54, 1.807) is 0 Å². The fraction of sp³-hybridized carbons (Fsp3) is 0.667. The van der Waals surface area contributed by atoms with Crippen LogP contribution < -0.4 is 0 Å². The minimum atomic E-state index is -0.872. The van der Waals surface area contributed by atoms with E-state index in [1.165, 1.54) is 0 Å². The maximum Gasteiger partial charge on any atom is 0.416 e. The Morgan fingerprint density at radius 2 is 2.00 bits per heavy atom. The Labute approximate surface area is 86.8 Å². The number of hydrogen-bond donors (Lipinski definition) is 1. The molecule has 0 atom stereocenters. The van der Waals surface area contributed by atoms with Crippen molar-refractivity contribution in [2.24, 2.45) is 0 Å². The number of cyclic esters (lactones) is 1. The van der Waals surface area contributed by atoms with Crippen LogP contribution in [0.25, 0.3) is 0 Å². The van der Waals surface area contributed by atoms with Crippen LogP contribution in [0.15, 0.2) is 0 Å². The largest absolute Gasteiger partial charge is 0.481 e. The lowest BCUT2D eigenvalue weighted by Crippen LogP contribution is -2.31. The summed E-state index contributed by atoms with van der Waals surface area (Å²) in [5.74, 6) is -1.16. The van der Waals surface area contributed by atoms with Crippen molar-refractivity contribution in [1.82, 2.24) is 4.90 Å².